The number of nitrogens with one attached hydrogen (secondary N) is 1. The Kier molecular flexibility index (Phi) is 4.62. The fraction of sp³-hybridized carbons (Fsp3) is 0.545. The number of hydrogen-bond acceptors (Lipinski definition) is 5. The van der Waals surface area contributed by atoms with Crippen LogP contribution in [0.2, 0.25) is 0 Å². The first kappa shape index (κ1) is 13.6. The van der Waals surface area contributed by atoms with Crippen LogP contribution in [0, 0.1) is 12.8 Å². The Bertz CT molecular complexity index is 426. The molecule has 0 aliphatic rings. The number of ether oxygens (including phenoxy) is 1. The van der Waals surface area contributed by atoms with Crippen LogP contribution in [-0.2, 0) is 9.53 Å². The monoisotopic (exact) mass is 256 g/mol. The quantitative estimate of drug-likeness (QED) is 0.839. The minimum Gasteiger partial charge on any atom is -0.461 e. The molecule has 0 aromatic carbocycles. The van der Waals surface area contributed by atoms with Gasteiger partial charge in [0, 0.05) is 6.92 Å². The maximum Gasteiger partial charge on any atom is 0.350 e. The molecule has 0 unspecified atom stereocenters. The van der Waals surface area contributed by atoms with Gasteiger partial charge in [0.25, 0.3) is 0 Å². The van der Waals surface area contributed by atoms with Gasteiger partial charge in [0.1, 0.15) is 4.88 Å². The second kappa shape index (κ2) is 5.77. The fourth-order valence-electron chi connectivity index (χ4n) is 1.10. The lowest BCUT2D eigenvalue weighted by Crippen LogP contribution is -2.09. The number of aryl methyl sites for hydroxylation is 1. The zero-order valence-electron chi connectivity index (χ0n) is 10.4. The smallest absolute Gasteiger partial charge is 0.350 e. The Balaban J connectivity index is 2.73. The SMILES string of the molecule is CC(=O)Nc1nc(C)c(C(=O)OCC(C)C)s1. The highest BCUT2D eigenvalue weighted by Gasteiger charge is 2.17. The average molecular weight is 256 g/mol. The van der Waals surface area contributed by atoms with Crippen molar-refractivity contribution < 1.29 is 14.3 Å². The number of nitrogens with zero attached hydrogens (tertiary/aromatic N) is 1. The van der Waals surface area contributed by atoms with Crippen molar-refractivity contribution in [2.45, 2.75) is 27.7 Å². The van der Waals surface area contributed by atoms with Crippen LogP contribution in [0.15, 0.2) is 0 Å². The van der Waals surface area contributed by atoms with Crippen molar-refractivity contribution in [1.82, 2.24) is 4.98 Å². The summed E-state index contributed by atoms with van der Waals surface area (Å²) in [5.41, 5.74) is 0.576. The Morgan fingerprint density at radius 1 is 1.47 bits per heavy atom. The van der Waals surface area contributed by atoms with E-state index in [4.69, 9.17) is 4.74 Å². The summed E-state index contributed by atoms with van der Waals surface area (Å²) in [7, 11) is 0. The van der Waals surface area contributed by atoms with E-state index in [0.29, 0.717) is 28.2 Å². The molecule has 0 aliphatic carbocycles. The normalized spacial score (nSPS) is 10.4. The van der Waals surface area contributed by atoms with E-state index in [0.717, 1.165) is 11.3 Å². The van der Waals surface area contributed by atoms with Gasteiger partial charge in [-0.25, -0.2) is 9.78 Å². The zero-order chi connectivity index (χ0) is 13.0. The minimum absolute atomic E-state index is 0.208. The lowest BCUT2D eigenvalue weighted by atomic mass is 10.2. The second-order valence-corrected chi connectivity index (χ2v) is 5.11. The number of amides is 1. The molecule has 1 heterocycles. The van der Waals surface area contributed by atoms with Crippen LogP contribution >= 0.6 is 11.3 Å². The number of thiazole rings is 1. The first-order chi connectivity index (χ1) is 7.90. The largest absolute Gasteiger partial charge is 0.461 e. The number of carbonyl (C=O) groups is 2. The molecule has 0 aliphatic heterocycles. The van der Waals surface area contributed by atoms with Gasteiger partial charge >= 0.3 is 5.97 Å². The van der Waals surface area contributed by atoms with Crippen LogP contribution < -0.4 is 5.32 Å². The first-order valence-electron chi connectivity index (χ1n) is 5.32. The van der Waals surface area contributed by atoms with Crippen LogP contribution in [0.25, 0.3) is 0 Å². The molecule has 1 aromatic rings. The van der Waals surface area contributed by atoms with Crippen molar-refractivity contribution in [1.29, 1.82) is 0 Å². The van der Waals surface area contributed by atoms with E-state index in [1.807, 2.05) is 13.8 Å². The van der Waals surface area contributed by atoms with E-state index in [1.54, 1.807) is 6.92 Å². The van der Waals surface area contributed by atoms with Crippen LogP contribution in [0.5, 0.6) is 0 Å². The minimum atomic E-state index is -0.384. The first-order valence-corrected chi connectivity index (χ1v) is 6.14. The molecular formula is C11H16N2O3S. The molecule has 1 amide bonds. The topological polar surface area (TPSA) is 68.3 Å². The highest BCUT2D eigenvalue weighted by atomic mass is 32.1. The van der Waals surface area contributed by atoms with E-state index in [9.17, 15) is 9.59 Å². The summed E-state index contributed by atoms with van der Waals surface area (Å²) in [4.78, 5) is 27.1. The van der Waals surface area contributed by atoms with Gasteiger partial charge in [-0.1, -0.05) is 25.2 Å². The van der Waals surface area contributed by atoms with Gasteiger partial charge in [0.05, 0.1) is 12.3 Å². The molecule has 0 spiro atoms. The molecule has 5 nitrogen and oxygen atoms in total. The van der Waals surface area contributed by atoms with Gasteiger partial charge in [-0.15, -0.1) is 0 Å². The van der Waals surface area contributed by atoms with Gasteiger partial charge < -0.3 is 10.1 Å². The Labute approximate surface area is 104 Å². The molecule has 17 heavy (non-hydrogen) atoms. The van der Waals surface area contributed by atoms with Gasteiger partial charge in [-0.05, 0) is 12.8 Å². The van der Waals surface area contributed by atoms with Gasteiger partial charge in [0.15, 0.2) is 5.13 Å². The third-order valence-electron chi connectivity index (χ3n) is 1.81. The van der Waals surface area contributed by atoms with E-state index >= 15 is 0 Å². The number of esters is 1. The van der Waals surface area contributed by atoms with Crippen molar-refractivity contribution in [3.05, 3.63) is 10.6 Å². The zero-order valence-corrected chi connectivity index (χ0v) is 11.2. The lowest BCUT2D eigenvalue weighted by Gasteiger charge is -2.05. The third-order valence-corrected chi connectivity index (χ3v) is 2.87. The summed E-state index contributed by atoms with van der Waals surface area (Å²) in [6.07, 6.45) is 0. The predicted octanol–water partition coefficient (Wildman–Crippen LogP) is 2.22. The van der Waals surface area contributed by atoms with Crippen LogP contribution in [0.1, 0.15) is 36.1 Å². The summed E-state index contributed by atoms with van der Waals surface area (Å²) in [5, 5.41) is 2.97. The maximum atomic E-state index is 11.7. The molecular weight excluding hydrogens is 240 g/mol. The number of rotatable bonds is 4. The van der Waals surface area contributed by atoms with E-state index in [-0.39, 0.29) is 11.9 Å². The van der Waals surface area contributed by atoms with Gasteiger partial charge in [-0.3, -0.25) is 4.79 Å². The van der Waals surface area contributed by atoms with Crippen molar-refractivity contribution in [3.63, 3.8) is 0 Å². The predicted molar refractivity (Wildman–Crippen MR) is 66.3 cm³/mol. The van der Waals surface area contributed by atoms with Crippen molar-refractivity contribution in [2.24, 2.45) is 5.92 Å². The molecule has 0 saturated carbocycles. The molecule has 0 atom stereocenters. The standard InChI is InChI=1S/C11H16N2O3S/c1-6(2)5-16-10(15)9-7(3)12-11(17-9)13-8(4)14/h6H,5H2,1-4H3,(H,12,13,14). The molecule has 1 rings (SSSR count). The highest BCUT2D eigenvalue weighted by molar-refractivity contribution is 7.17. The third kappa shape index (κ3) is 4.14. The van der Waals surface area contributed by atoms with Crippen molar-refractivity contribution in [2.75, 3.05) is 11.9 Å². The van der Waals surface area contributed by atoms with E-state index in [2.05, 4.69) is 10.3 Å². The number of aromatic nitrogens is 1. The average Bonchev–Trinajstić information content (AvgIpc) is 2.54. The Morgan fingerprint density at radius 3 is 2.65 bits per heavy atom. The highest BCUT2D eigenvalue weighted by Crippen LogP contribution is 2.23. The molecule has 6 heteroatoms. The van der Waals surface area contributed by atoms with E-state index < -0.39 is 0 Å². The summed E-state index contributed by atoms with van der Waals surface area (Å²) in [6.45, 7) is 7.43. The van der Waals surface area contributed by atoms with E-state index in [1.165, 1.54) is 6.92 Å². The molecule has 0 bridgehead atoms. The molecule has 0 fully saturated rings. The fourth-order valence-corrected chi connectivity index (χ4v) is 2.00. The van der Waals surface area contributed by atoms with Crippen molar-refractivity contribution >= 4 is 28.3 Å². The van der Waals surface area contributed by atoms with Crippen LogP contribution in [0.4, 0.5) is 5.13 Å². The van der Waals surface area contributed by atoms with Crippen LogP contribution in [-0.4, -0.2) is 23.5 Å². The number of hydrogen-bond donors (Lipinski definition) is 1. The Hall–Kier alpha value is -1.43. The maximum absolute atomic E-state index is 11.7. The molecule has 0 radical (unpaired) electrons. The number of carbonyl (C=O) groups excluding carboxylic acids is 2. The Morgan fingerprint density at radius 2 is 2.12 bits per heavy atom. The summed E-state index contributed by atoms with van der Waals surface area (Å²) in [5.74, 6) is -0.298. The molecule has 0 saturated heterocycles. The second-order valence-electron chi connectivity index (χ2n) is 4.11. The van der Waals surface area contributed by atoms with Gasteiger partial charge in [0.2, 0.25) is 5.91 Å². The van der Waals surface area contributed by atoms with Crippen molar-refractivity contribution in [3.8, 4) is 0 Å². The van der Waals surface area contributed by atoms with Gasteiger partial charge in [-0.2, -0.15) is 0 Å². The molecule has 1 aromatic heterocycles. The summed E-state index contributed by atoms with van der Waals surface area (Å²) in [6, 6.07) is 0. The lowest BCUT2D eigenvalue weighted by molar-refractivity contribution is -0.114. The summed E-state index contributed by atoms with van der Waals surface area (Å²) >= 11 is 1.13. The molecule has 94 valence electrons. The molecule has 1 N–H and O–H groups in total. The summed E-state index contributed by atoms with van der Waals surface area (Å²) < 4.78 is 5.11. The van der Waals surface area contributed by atoms with Crippen LogP contribution in [0.3, 0.4) is 0 Å². The number of anilines is 1.